The molecule has 2 saturated heterocycles. The maximum Gasteiger partial charge on any atom is 0.490 e. The third-order valence-corrected chi connectivity index (χ3v) is 5.91. The molecule has 2 aliphatic rings. The third-order valence-electron chi connectivity index (χ3n) is 4.68. The van der Waals surface area contributed by atoms with Crippen LogP contribution in [0.4, 0.5) is 29.3 Å². The van der Waals surface area contributed by atoms with Crippen molar-refractivity contribution in [3.8, 4) is 0 Å². The molecule has 1 aromatic heterocycles. The zero-order chi connectivity index (χ0) is 25.8. The van der Waals surface area contributed by atoms with Gasteiger partial charge in [-0.3, -0.25) is 20.0 Å². The normalized spacial score (nSPS) is 17.4. The predicted octanol–water partition coefficient (Wildman–Crippen LogP) is 3.56. The number of carbonyl (C=O) groups excluding carboxylic acids is 2. The first-order valence-corrected chi connectivity index (χ1v) is 11.1. The van der Waals surface area contributed by atoms with Crippen LogP contribution in [-0.4, -0.2) is 67.6 Å². The maximum absolute atomic E-state index is 12.2. The van der Waals surface area contributed by atoms with E-state index >= 15 is 0 Å². The molecule has 1 atom stereocenters. The smallest absolute Gasteiger partial charge is 0.475 e. The van der Waals surface area contributed by atoms with Gasteiger partial charge in [-0.25, -0.2) is 9.59 Å². The van der Waals surface area contributed by atoms with E-state index in [1.807, 2.05) is 12.1 Å². The summed E-state index contributed by atoms with van der Waals surface area (Å²) in [7, 11) is 0. The molecule has 35 heavy (non-hydrogen) atoms. The number of carboxylic acids is 1. The molecule has 0 spiro atoms. The molecule has 2 aliphatic heterocycles. The Morgan fingerprint density at radius 2 is 1.77 bits per heavy atom. The number of cyclic esters (lactones) is 1. The molecule has 0 bridgehead atoms. The van der Waals surface area contributed by atoms with Crippen molar-refractivity contribution >= 4 is 58.3 Å². The van der Waals surface area contributed by atoms with E-state index in [4.69, 9.17) is 36.4 Å². The molecule has 15 heteroatoms. The lowest BCUT2D eigenvalue weighted by atomic mass is 10.2. The second-order valence-corrected chi connectivity index (χ2v) is 8.77. The van der Waals surface area contributed by atoms with Crippen LogP contribution in [0.15, 0.2) is 36.4 Å². The molecule has 1 aromatic carbocycles. The van der Waals surface area contributed by atoms with Gasteiger partial charge >= 0.3 is 18.2 Å². The fraction of sp³-hybridized carbons (Fsp3) is 0.300. The first-order valence-electron chi connectivity index (χ1n) is 9.86. The van der Waals surface area contributed by atoms with E-state index in [1.165, 1.54) is 16.2 Å². The van der Waals surface area contributed by atoms with E-state index in [1.54, 1.807) is 29.2 Å². The van der Waals surface area contributed by atoms with E-state index in [0.29, 0.717) is 34.6 Å². The second-order valence-electron chi connectivity index (χ2n) is 7.05. The average Bonchev–Trinajstić information content (AvgIpc) is 3.52. The molecule has 0 unspecified atom stereocenters. The lowest BCUT2D eigenvalue weighted by Crippen LogP contribution is -2.34. The van der Waals surface area contributed by atoms with Crippen molar-refractivity contribution in [1.29, 1.82) is 5.41 Å². The number of nitrogens with one attached hydrogen (secondary N) is 2. The predicted molar refractivity (Wildman–Crippen MR) is 120 cm³/mol. The van der Waals surface area contributed by atoms with Crippen molar-refractivity contribution < 1.29 is 42.1 Å². The summed E-state index contributed by atoms with van der Waals surface area (Å²) in [5.74, 6) is -3.00. The summed E-state index contributed by atoms with van der Waals surface area (Å²) in [5, 5.41) is 17.6. The van der Waals surface area contributed by atoms with Gasteiger partial charge in [-0.15, -0.1) is 11.3 Å². The molecule has 188 valence electrons. The van der Waals surface area contributed by atoms with Crippen LogP contribution in [0.3, 0.4) is 0 Å². The van der Waals surface area contributed by atoms with Crippen LogP contribution in [0.25, 0.3) is 0 Å². The second kappa shape index (κ2) is 10.8. The number of thiophene rings is 1. The number of hydrogen-bond donors (Lipinski definition) is 3. The SMILES string of the molecule is N=C1OCCN1c1ccc(N2C[C@H](CNC(=O)c3ccc(Cl)s3)OC2=O)cc1.O=C(O)C(F)(F)F. The van der Waals surface area contributed by atoms with Crippen LogP contribution >= 0.6 is 22.9 Å². The zero-order valence-electron chi connectivity index (χ0n) is 17.7. The lowest BCUT2D eigenvalue weighted by Gasteiger charge is -2.17. The van der Waals surface area contributed by atoms with Gasteiger partial charge in [0.25, 0.3) is 11.9 Å². The number of amidine groups is 1. The summed E-state index contributed by atoms with van der Waals surface area (Å²) in [6.07, 6.45) is -5.98. The van der Waals surface area contributed by atoms with Gasteiger partial charge in [0.1, 0.15) is 12.7 Å². The van der Waals surface area contributed by atoms with Gasteiger partial charge < -0.3 is 19.9 Å². The number of carbonyl (C=O) groups is 3. The first-order chi connectivity index (χ1) is 16.5. The van der Waals surface area contributed by atoms with Crippen LogP contribution in [0.1, 0.15) is 9.67 Å². The molecule has 3 heterocycles. The number of alkyl halides is 3. The molecule has 4 rings (SSSR count). The molecular weight excluding hydrogens is 517 g/mol. The Hall–Kier alpha value is -3.52. The van der Waals surface area contributed by atoms with E-state index in [9.17, 15) is 22.8 Å². The van der Waals surface area contributed by atoms with Gasteiger partial charge in [0, 0.05) is 11.4 Å². The highest BCUT2D eigenvalue weighted by atomic mass is 35.5. The maximum atomic E-state index is 12.2. The minimum Gasteiger partial charge on any atom is -0.475 e. The van der Waals surface area contributed by atoms with Crippen LogP contribution in [0.2, 0.25) is 4.34 Å². The lowest BCUT2D eigenvalue weighted by molar-refractivity contribution is -0.192. The van der Waals surface area contributed by atoms with E-state index in [0.717, 1.165) is 5.69 Å². The Bertz CT molecular complexity index is 1110. The Labute approximate surface area is 205 Å². The molecule has 0 saturated carbocycles. The number of halogens is 4. The largest absolute Gasteiger partial charge is 0.490 e. The third kappa shape index (κ3) is 6.76. The number of anilines is 2. The van der Waals surface area contributed by atoms with Crippen LogP contribution in [0, 0.1) is 5.41 Å². The van der Waals surface area contributed by atoms with Crippen LogP contribution in [-0.2, 0) is 14.3 Å². The highest BCUT2D eigenvalue weighted by Crippen LogP contribution is 2.26. The van der Waals surface area contributed by atoms with Gasteiger partial charge in [0.15, 0.2) is 0 Å². The number of ether oxygens (including phenoxy) is 2. The number of rotatable bonds is 5. The number of benzene rings is 1. The van der Waals surface area contributed by atoms with Crippen molar-refractivity contribution in [3.63, 3.8) is 0 Å². The van der Waals surface area contributed by atoms with Gasteiger partial charge in [-0.1, -0.05) is 11.6 Å². The topological polar surface area (TPSA) is 132 Å². The van der Waals surface area contributed by atoms with Crippen molar-refractivity contribution in [2.45, 2.75) is 12.3 Å². The average molecular weight is 535 g/mol. The van der Waals surface area contributed by atoms with E-state index in [2.05, 4.69) is 5.32 Å². The first kappa shape index (κ1) is 26.1. The molecule has 3 N–H and O–H groups in total. The quantitative estimate of drug-likeness (QED) is 0.534. The van der Waals surface area contributed by atoms with Crippen molar-refractivity contribution in [2.75, 3.05) is 36.0 Å². The fourth-order valence-corrected chi connectivity index (χ4v) is 4.00. The summed E-state index contributed by atoms with van der Waals surface area (Å²) in [4.78, 5) is 37.0. The Morgan fingerprint density at radius 3 is 2.26 bits per heavy atom. The summed E-state index contributed by atoms with van der Waals surface area (Å²) in [5.41, 5.74) is 1.52. The van der Waals surface area contributed by atoms with Crippen LogP contribution < -0.4 is 15.1 Å². The summed E-state index contributed by atoms with van der Waals surface area (Å²) in [6.45, 7) is 1.68. The summed E-state index contributed by atoms with van der Waals surface area (Å²) >= 11 is 7.03. The Kier molecular flexibility index (Phi) is 8.07. The zero-order valence-corrected chi connectivity index (χ0v) is 19.2. The molecule has 10 nitrogen and oxygen atoms in total. The molecule has 0 aliphatic carbocycles. The van der Waals surface area contributed by atoms with Gasteiger partial charge in [0.05, 0.1) is 28.8 Å². The van der Waals surface area contributed by atoms with E-state index in [-0.39, 0.29) is 18.5 Å². The number of aliphatic carboxylic acids is 1. The highest BCUT2D eigenvalue weighted by Gasteiger charge is 2.38. The van der Waals surface area contributed by atoms with Crippen molar-refractivity contribution in [2.24, 2.45) is 0 Å². The standard InChI is InChI=1S/C18H17ClN4O4S.C2HF3O2/c19-15-6-5-14(28-15)16(24)21-9-13-10-23(18(25)27-13)12-3-1-11(2-4-12)22-7-8-26-17(22)20;3-2(4,5)1(6)7/h1-6,13,20H,7-10H2,(H,21,24);(H,6,7)/t13-;/m0./s1. The van der Waals surface area contributed by atoms with Gasteiger partial charge in [-0.05, 0) is 36.4 Å². The van der Waals surface area contributed by atoms with Crippen molar-refractivity contribution in [3.05, 3.63) is 45.6 Å². The van der Waals surface area contributed by atoms with Gasteiger partial charge in [-0.2, -0.15) is 13.2 Å². The summed E-state index contributed by atoms with van der Waals surface area (Å²) in [6, 6.07) is 10.7. The molecule has 2 aromatic rings. The Morgan fingerprint density at radius 1 is 1.17 bits per heavy atom. The number of nitrogens with zero attached hydrogens (tertiary/aromatic N) is 2. The van der Waals surface area contributed by atoms with E-state index < -0.39 is 24.3 Å². The fourth-order valence-electron chi connectivity index (χ4n) is 3.04. The number of hydrogen-bond acceptors (Lipinski definition) is 7. The number of amides is 2. The monoisotopic (exact) mass is 534 g/mol. The molecule has 2 amide bonds. The molecule has 0 radical (unpaired) electrons. The van der Waals surface area contributed by atoms with Crippen molar-refractivity contribution in [1.82, 2.24) is 5.32 Å². The summed E-state index contributed by atoms with van der Waals surface area (Å²) < 4.78 is 42.8. The highest BCUT2D eigenvalue weighted by molar-refractivity contribution is 7.18. The minimum absolute atomic E-state index is 0.121. The molecular formula is C20H18ClF3N4O6S. The Balaban J connectivity index is 0.000000429. The van der Waals surface area contributed by atoms with Crippen LogP contribution in [0.5, 0.6) is 0 Å². The number of carboxylic acid groups (broad SMARTS) is 1. The minimum atomic E-state index is -5.08. The van der Waals surface area contributed by atoms with Gasteiger partial charge in [0.2, 0.25) is 0 Å². The molecule has 2 fully saturated rings.